The number of ether oxygens (including phenoxy) is 1. The molecule has 0 saturated carbocycles. The molecule has 3 atom stereocenters. The summed E-state index contributed by atoms with van der Waals surface area (Å²) in [5.74, 6) is -0.653. The Hall–Kier alpha value is -4.02. The lowest BCUT2D eigenvalue weighted by Gasteiger charge is -2.33. The first-order chi connectivity index (χ1) is 21.3. The number of aliphatic hydroxyl groups is 1. The molecule has 3 aromatic rings. The fourth-order valence-corrected chi connectivity index (χ4v) is 6.57. The van der Waals surface area contributed by atoms with E-state index >= 15 is 0 Å². The van der Waals surface area contributed by atoms with Gasteiger partial charge in [-0.2, -0.15) is 0 Å². The Morgan fingerprint density at radius 1 is 1.02 bits per heavy atom. The molecule has 240 valence electrons. The molecule has 3 aromatic carbocycles. The van der Waals surface area contributed by atoms with Gasteiger partial charge in [-0.05, 0) is 88.9 Å². The smallest absolute Gasteiger partial charge is 0.254 e. The van der Waals surface area contributed by atoms with Gasteiger partial charge in [0.1, 0.15) is 17.5 Å². The summed E-state index contributed by atoms with van der Waals surface area (Å²) in [7, 11) is 0. The van der Waals surface area contributed by atoms with E-state index < -0.39 is 34.7 Å². The molecule has 1 fully saturated rings. The van der Waals surface area contributed by atoms with Crippen LogP contribution in [0.15, 0.2) is 66.7 Å². The van der Waals surface area contributed by atoms with Crippen molar-refractivity contribution in [1.82, 2.24) is 15.5 Å². The zero-order valence-electron chi connectivity index (χ0n) is 26.7. The Labute approximate surface area is 269 Å². The van der Waals surface area contributed by atoms with Crippen molar-refractivity contribution in [3.63, 3.8) is 0 Å². The highest BCUT2D eigenvalue weighted by Crippen LogP contribution is 2.40. The summed E-state index contributed by atoms with van der Waals surface area (Å²) in [5, 5.41) is 27.6. The number of rotatable bonds is 11. The minimum absolute atomic E-state index is 0.00250. The van der Waals surface area contributed by atoms with Gasteiger partial charge < -0.3 is 30.5 Å². The number of aromatic hydroxyl groups is 1. The Bertz CT molecular complexity index is 1520. The van der Waals surface area contributed by atoms with E-state index in [0.717, 1.165) is 16.7 Å². The van der Waals surface area contributed by atoms with Crippen LogP contribution in [0.25, 0.3) is 0 Å². The molecule has 0 bridgehead atoms. The number of benzene rings is 3. The summed E-state index contributed by atoms with van der Waals surface area (Å²) in [5.41, 5.74) is 3.40. The fourth-order valence-electron chi connectivity index (χ4n) is 5.43. The molecular weight excluding hydrogens is 590 g/mol. The second kappa shape index (κ2) is 14.4. The summed E-state index contributed by atoms with van der Waals surface area (Å²) >= 11 is 1.46. The van der Waals surface area contributed by atoms with E-state index in [-0.39, 0.29) is 35.6 Å². The number of hydrogen-bond donors (Lipinski definition) is 4. The number of amides is 3. The van der Waals surface area contributed by atoms with E-state index in [2.05, 4.69) is 10.6 Å². The van der Waals surface area contributed by atoms with Gasteiger partial charge in [-0.1, -0.05) is 42.5 Å². The maximum atomic E-state index is 14.0. The van der Waals surface area contributed by atoms with Crippen LogP contribution < -0.4 is 15.4 Å². The summed E-state index contributed by atoms with van der Waals surface area (Å²) in [6.07, 6.45) is -1.52. The minimum Gasteiger partial charge on any atom is -0.508 e. The molecule has 1 unspecified atom stereocenters. The molecule has 0 aliphatic carbocycles. The van der Waals surface area contributed by atoms with E-state index in [1.165, 1.54) is 22.7 Å². The molecule has 45 heavy (non-hydrogen) atoms. The SMILES string of the molecule is Cc1ccccc1CNC(=O)C1N(C(=O)[C@@H](O)[C@H](Cc2ccc(OC(C)C)cc2)NC(=O)c2cccc(O)c2C)CSC1(C)C. The van der Waals surface area contributed by atoms with Gasteiger partial charge in [0.2, 0.25) is 5.91 Å². The van der Waals surface area contributed by atoms with Crippen molar-refractivity contribution in [1.29, 1.82) is 0 Å². The maximum Gasteiger partial charge on any atom is 0.254 e. The predicted octanol–water partition coefficient (Wildman–Crippen LogP) is 4.49. The molecule has 4 rings (SSSR count). The van der Waals surface area contributed by atoms with Crippen LogP contribution in [0, 0.1) is 13.8 Å². The van der Waals surface area contributed by atoms with Crippen molar-refractivity contribution in [3.8, 4) is 11.5 Å². The van der Waals surface area contributed by atoms with Gasteiger partial charge in [0, 0.05) is 22.4 Å². The normalized spacial score (nSPS) is 17.1. The van der Waals surface area contributed by atoms with E-state index in [4.69, 9.17) is 4.74 Å². The van der Waals surface area contributed by atoms with Crippen LogP contribution in [0.5, 0.6) is 11.5 Å². The van der Waals surface area contributed by atoms with Crippen LogP contribution >= 0.6 is 11.8 Å². The number of nitrogens with one attached hydrogen (secondary N) is 2. The van der Waals surface area contributed by atoms with Crippen LogP contribution in [0.3, 0.4) is 0 Å². The average Bonchev–Trinajstić information content (AvgIpc) is 3.32. The van der Waals surface area contributed by atoms with E-state index in [9.17, 15) is 24.6 Å². The quantitative estimate of drug-likeness (QED) is 0.245. The van der Waals surface area contributed by atoms with Gasteiger partial charge in [0.25, 0.3) is 11.8 Å². The Morgan fingerprint density at radius 3 is 2.38 bits per heavy atom. The molecule has 1 saturated heterocycles. The van der Waals surface area contributed by atoms with E-state index in [1.54, 1.807) is 31.2 Å². The van der Waals surface area contributed by atoms with Crippen molar-refractivity contribution >= 4 is 29.5 Å². The van der Waals surface area contributed by atoms with Gasteiger partial charge in [-0.3, -0.25) is 14.4 Å². The first-order valence-corrected chi connectivity index (χ1v) is 16.1. The molecule has 1 heterocycles. The van der Waals surface area contributed by atoms with Crippen LogP contribution in [0.4, 0.5) is 0 Å². The molecule has 0 spiro atoms. The summed E-state index contributed by atoms with van der Waals surface area (Å²) in [4.78, 5) is 42.4. The Balaban J connectivity index is 1.58. The zero-order valence-corrected chi connectivity index (χ0v) is 27.5. The van der Waals surface area contributed by atoms with Gasteiger partial charge in [0.15, 0.2) is 6.10 Å². The third kappa shape index (κ3) is 8.18. The number of phenols is 1. The maximum absolute atomic E-state index is 14.0. The topological polar surface area (TPSA) is 128 Å². The van der Waals surface area contributed by atoms with Gasteiger partial charge in [0.05, 0.1) is 18.0 Å². The van der Waals surface area contributed by atoms with Crippen molar-refractivity contribution < 1.29 is 29.3 Å². The average molecular weight is 634 g/mol. The fraction of sp³-hybridized carbons (Fsp3) is 0.400. The number of hydrogen-bond acceptors (Lipinski definition) is 7. The summed E-state index contributed by atoms with van der Waals surface area (Å²) in [6, 6.07) is 17.8. The highest BCUT2D eigenvalue weighted by atomic mass is 32.2. The molecule has 3 amide bonds. The second-order valence-electron chi connectivity index (χ2n) is 12.2. The third-order valence-corrected chi connectivity index (χ3v) is 9.42. The largest absolute Gasteiger partial charge is 0.508 e. The van der Waals surface area contributed by atoms with Crippen LogP contribution in [-0.2, 0) is 22.6 Å². The molecule has 10 heteroatoms. The lowest BCUT2D eigenvalue weighted by atomic mass is 9.96. The molecular formula is C35H43N3O6S. The molecule has 0 aromatic heterocycles. The molecule has 4 N–H and O–H groups in total. The number of carbonyl (C=O) groups excluding carboxylic acids is 3. The third-order valence-electron chi connectivity index (χ3n) is 8.04. The van der Waals surface area contributed by atoms with Gasteiger partial charge >= 0.3 is 0 Å². The standard InChI is InChI=1S/C35H43N3O6S/c1-21(2)44-26-16-14-24(15-17-26)18-28(37-32(41)27-12-9-13-29(39)23(27)4)30(40)34(43)38-20-45-35(5,6)31(38)33(42)36-19-25-11-8-7-10-22(25)3/h7-17,21,28,30-31,39-40H,18-20H2,1-6H3,(H,36,42)(H,37,41)/t28-,30-,31?/m0/s1. The minimum atomic E-state index is -1.65. The second-order valence-corrected chi connectivity index (χ2v) is 13.8. The summed E-state index contributed by atoms with van der Waals surface area (Å²) < 4.78 is 5.12. The van der Waals surface area contributed by atoms with Crippen molar-refractivity contribution in [2.75, 3.05) is 5.88 Å². The first kappa shape index (κ1) is 33.9. The summed E-state index contributed by atoms with van der Waals surface area (Å²) in [6.45, 7) is 11.6. The van der Waals surface area contributed by atoms with E-state index in [1.807, 2.05) is 71.0 Å². The van der Waals surface area contributed by atoms with Crippen molar-refractivity contribution in [2.45, 2.75) is 83.5 Å². The molecule has 1 aliphatic rings. The number of nitrogens with zero attached hydrogens (tertiary/aromatic N) is 1. The Morgan fingerprint density at radius 2 is 1.71 bits per heavy atom. The van der Waals surface area contributed by atoms with Crippen LogP contribution in [-0.4, -0.2) is 67.7 Å². The number of aliphatic hydroxyl groups excluding tert-OH is 1. The van der Waals surface area contributed by atoms with Crippen molar-refractivity contribution in [3.05, 3.63) is 94.5 Å². The number of thioether (sulfide) groups is 1. The predicted molar refractivity (Wildman–Crippen MR) is 176 cm³/mol. The highest BCUT2D eigenvalue weighted by Gasteiger charge is 2.49. The molecule has 0 radical (unpaired) electrons. The molecule has 1 aliphatic heterocycles. The lowest BCUT2D eigenvalue weighted by Crippen LogP contribution is -2.58. The highest BCUT2D eigenvalue weighted by molar-refractivity contribution is 8.00. The van der Waals surface area contributed by atoms with E-state index in [0.29, 0.717) is 17.9 Å². The van der Waals surface area contributed by atoms with Crippen LogP contribution in [0.1, 0.15) is 60.3 Å². The number of phenolic OH excluding ortho intramolecular Hbond substituents is 1. The zero-order chi connectivity index (χ0) is 32.9. The Kier molecular flexibility index (Phi) is 10.8. The van der Waals surface area contributed by atoms with Crippen LogP contribution in [0.2, 0.25) is 0 Å². The van der Waals surface area contributed by atoms with Gasteiger partial charge in [-0.15, -0.1) is 11.8 Å². The number of carbonyl (C=O) groups is 3. The lowest BCUT2D eigenvalue weighted by molar-refractivity contribution is -0.147. The van der Waals surface area contributed by atoms with Crippen molar-refractivity contribution in [2.24, 2.45) is 0 Å². The molecule has 9 nitrogen and oxygen atoms in total. The number of aryl methyl sites for hydroxylation is 1. The monoisotopic (exact) mass is 633 g/mol. The van der Waals surface area contributed by atoms with Gasteiger partial charge in [-0.25, -0.2) is 0 Å². The first-order valence-electron chi connectivity index (χ1n) is 15.1.